The van der Waals surface area contributed by atoms with E-state index in [1.807, 2.05) is 35.1 Å². The normalized spacial score (nSPS) is 12.6. The maximum atomic E-state index is 5.88. The van der Waals surface area contributed by atoms with Crippen molar-refractivity contribution in [2.24, 2.45) is 0 Å². The lowest BCUT2D eigenvalue weighted by Crippen LogP contribution is -2.18. The summed E-state index contributed by atoms with van der Waals surface area (Å²) in [5, 5.41) is 8.64. The zero-order valence-corrected chi connectivity index (χ0v) is 12.2. The Balaban J connectivity index is 1.98. The second-order valence-electron chi connectivity index (χ2n) is 4.77. The van der Waals surface area contributed by atoms with Crippen molar-refractivity contribution in [3.05, 3.63) is 52.8 Å². The van der Waals surface area contributed by atoms with Gasteiger partial charge in [0, 0.05) is 22.8 Å². The molecule has 1 aromatic heterocycles. The van der Waals surface area contributed by atoms with Gasteiger partial charge >= 0.3 is 0 Å². The molecule has 102 valence electrons. The first kappa shape index (κ1) is 14.1. The molecule has 0 bridgehead atoms. The fraction of sp³-hybridized carbons (Fsp3) is 0.400. The van der Waals surface area contributed by atoms with E-state index >= 15 is 0 Å². The number of nitrogens with one attached hydrogen (secondary N) is 1. The van der Waals surface area contributed by atoms with Crippen molar-refractivity contribution in [3.8, 4) is 0 Å². The Morgan fingerprint density at radius 1 is 1.32 bits per heavy atom. The number of halogens is 1. The first-order valence-corrected chi connectivity index (χ1v) is 7.07. The standard InChI is InChI=1S/C15H20ClN3/c1-3-8-17-12(2)14-9-18-19(11-14)10-13-4-6-15(16)7-5-13/h4-7,9,11-12,17H,3,8,10H2,1-2H3. The van der Waals surface area contributed by atoms with Crippen LogP contribution in [0.4, 0.5) is 0 Å². The summed E-state index contributed by atoms with van der Waals surface area (Å²) in [7, 11) is 0. The van der Waals surface area contributed by atoms with E-state index in [1.165, 1.54) is 11.1 Å². The molecule has 1 heterocycles. The number of hydrogen-bond acceptors (Lipinski definition) is 2. The van der Waals surface area contributed by atoms with Crippen molar-refractivity contribution in [2.75, 3.05) is 6.54 Å². The Kier molecular flexibility index (Phi) is 5.00. The number of aromatic nitrogens is 2. The zero-order chi connectivity index (χ0) is 13.7. The van der Waals surface area contributed by atoms with Gasteiger partial charge in [-0.3, -0.25) is 4.68 Å². The van der Waals surface area contributed by atoms with Gasteiger partial charge in [-0.15, -0.1) is 0 Å². The highest BCUT2D eigenvalue weighted by atomic mass is 35.5. The predicted octanol–water partition coefficient (Wildman–Crippen LogP) is 3.65. The Labute approximate surface area is 119 Å². The van der Waals surface area contributed by atoms with E-state index in [0.29, 0.717) is 6.04 Å². The Bertz CT molecular complexity index is 504. The van der Waals surface area contributed by atoms with Crippen molar-refractivity contribution in [1.29, 1.82) is 0 Å². The number of nitrogens with zero attached hydrogens (tertiary/aromatic N) is 2. The third kappa shape index (κ3) is 4.08. The van der Waals surface area contributed by atoms with Crippen molar-refractivity contribution in [1.82, 2.24) is 15.1 Å². The average Bonchev–Trinajstić information content (AvgIpc) is 2.87. The molecule has 3 nitrogen and oxygen atoms in total. The van der Waals surface area contributed by atoms with Crippen LogP contribution in [0.5, 0.6) is 0 Å². The third-order valence-electron chi connectivity index (χ3n) is 3.11. The molecule has 0 spiro atoms. The van der Waals surface area contributed by atoms with Gasteiger partial charge in [0.05, 0.1) is 12.7 Å². The summed E-state index contributed by atoms with van der Waals surface area (Å²) in [6, 6.07) is 8.23. The minimum absolute atomic E-state index is 0.346. The maximum absolute atomic E-state index is 5.88. The smallest absolute Gasteiger partial charge is 0.0659 e. The first-order valence-electron chi connectivity index (χ1n) is 6.69. The highest BCUT2D eigenvalue weighted by molar-refractivity contribution is 6.30. The number of benzene rings is 1. The zero-order valence-electron chi connectivity index (χ0n) is 11.4. The molecule has 1 aromatic carbocycles. The molecule has 0 aliphatic carbocycles. The molecule has 2 rings (SSSR count). The van der Waals surface area contributed by atoms with Crippen molar-refractivity contribution >= 4 is 11.6 Å². The molecule has 1 N–H and O–H groups in total. The van der Waals surface area contributed by atoms with E-state index in [-0.39, 0.29) is 0 Å². The largest absolute Gasteiger partial charge is 0.310 e. The molecular weight excluding hydrogens is 258 g/mol. The summed E-state index contributed by atoms with van der Waals surface area (Å²) in [5.41, 5.74) is 2.43. The van der Waals surface area contributed by atoms with Gasteiger partial charge in [0.2, 0.25) is 0 Å². The molecule has 1 atom stereocenters. The van der Waals surface area contributed by atoms with Gasteiger partial charge in [0.1, 0.15) is 0 Å². The van der Waals surface area contributed by atoms with Crippen LogP contribution >= 0.6 is 11.6 Å². The van der Waals surface area contributed by atoms with E-state index in [0.717, 1.165) is 24.5 Å². The second kappa shape index (κ2) is 6.73. The maximum Gasteiger partial charge on any atom is 0.0659 e. The summed E-state index contributed by atoms with van der Waals surface area (Å²) >= 11 is 5.88. The summed E-state index contributed by atoms with van der Waals surface area (Å²) in [6.07, 6.45) is 5.18. The second-order valence-corrected chi connectivity index (χ2v) is 5.21. The van der Waals surface area contributed by atoms with Crippen LogP contribution in [-0.4, -0.2) is 16.3 Å². The van der Waals surface area contributed by atoms with Gasteiger partial charge in [-0.25, -0.2) is 0 Å². The van der Waals surface area contributed by atoms with E-state index in [2.05, 4.69) is 30.5 Å². The minimum atomic E-state index is 0.346. The number of hydrogen-bond donors (Lipinski definition) is 1. The minimum Gasteiger partial charge on any atom is -0.310 e. The topological polar surface area (TPSA) is 29.9 Å². The van der Waals surface area contributed by atoms with Crippen LogP contribution in [-0.2, 0) is 6.54 Å². The number of rotatable bonds is 6. The van der Waals surface area contributed by atoms with Crippen LogP contribution in [0.1, 0.15) is 37.4 Å². The fourth-order valence-electron chi connectivity index (χ4n) is 1.95. The molecule has 0 aliphatic heterocycles. The van der Waals surface area contributed by atoms with Crippen LogP contribution < -0.4 is 5.32 Å². The lowest BCUT2D eigenvalue weighted by atomic mass is 10.2. The van der Waals surface area contributed by atoms with Crippen LogP contribution in [0, 0.1) is 0 Å². The Morgan fingerprint density at radius 3 is 2.74 bits per heavy atom. The molecule has 0 saturated carbocycles. The molecular formula is C15H20ClN3. The van der Waals surface area contributed by atoms with E-state index < -0.39 is 0 Å². The van der Waals surface area contributed by atoms with E-state index in [9.17, 15) is 0 Å². The molecule has 0 saturated heterocycles. The third-order valence-corrected chi connectivity index (χ3v) is 3.36. The summed E-state index contributed by atoms with van der Waals surface area (Å²) < 4.78 is 1.96. The van der Waals surface area contributed by atoms with Crippen LogP contribution in [0.2, 0.25) is 5.02 Å². The molecule has 1 unspecified atom stereocenters. The predicted molar refractivity (Wildman–Crippen MR) is 79.5 cm³/mol. The Morgan fingerprint density at radius 2 is 2.05 bits per heavy atom. The fourth-order valence-corrected chi connectivity index (χ4v) is 2.07. The van der Waals surface area contributed by atoms with E-state index in [4.69, 9.17) is 11.6 Å². The van der Waals surface area contributed by atoms with Crippen LogP contribution in [0.3, 0.4) is 0 Å². The lowest BCUT2D eigenvalue weighted by Gasteiger charge is -2.10. The lowest BCUT2D eigenvalue weighted by molar-refractivity contribution is 0.569. The summed E-state index contributed by atoms with van der Waals surface area (Å²) in [4.78, 5) is 0. The summed E-state index contributed by atoms with van der Waals surface area (Å²) in [5.74, 6) is 0. The van der Waals surface area contributed by atoms with Gasteiger partial charge < -0.3 is 5.32 Å². The molecule has 19 heavy (non-hydrogen) atoms. The van der Waals surface area contributed by atoms with Crippen molar-refractivity contribution < 1.29 is 0 Å². The Hall–Kier alpha value is -1.32. The summed E-state index contributed by atoms with van der Waals surface area (Å²) in [6.45, 7) is 6.14. The molecule has 4 heteroatoms. The average molecular weight is 278 g/mol. The van der Waals surface area contributed by atoms with Crippen molar-refractivity contribution in [2.45, 2.75) is 32.9 Å². The van der Waals surface area contributed by atoms with Gasteiger partial charge in [-0.1, -0.05) is 30.7 Å². The molecule has 0 amide bonds. The SMILES string of the molecule is CCCNC(C)c1cnn(Cc2ccc(Cl)cc2)c1. The monoisotopic (exact) mass is 277 g/mol. The van der Waals surface area contributed by atoms with Gasteiger partial charge in [0.15, 0.2) is 0 Å². The molecule has 2 aromatic rings. The highest BCUT2D eigenvalue weighted by Crippen LogP contribution is 2.13. The van der Waals surface area contributed by atoms with Crippen molar-refractivity contribution in [3.63, 3.8) is 0 Å². The van der Waals surface area contributed by atoms with Crippen LogP contribution in [0.15, 0.2) is 36.7 Å². The molecule has 0 aliphatic rings. The van der Waals surface area contributed by atoms with Gasteiger partial charge in [0.25, 0.3) is 0 Å². The molecule has 0 radical (unpaired) electrons. The van der Waals surface area contributed by atoms with Gasteiger partial charge in [-0.05, 0) is 37.6 Å². The first-order chi connectivity index (χ1) is 9.19. The highest BCUT2D eigenvalue weighted by Gasteiger charge is 2.07. The van der Waals surface area contributed by atoms with Crippen LogP contribution in [0.25, 0.3) is 0 Å². The molecule has 0 fully saturated rings. The van der Waals surface area contributed by atoms with Gasteiger partial charge in [-0.2, -0.15) is 5.10 Å². The van der Waals surface area contributed by atoms with E-state index in [1.54, 1.807) is 0 Å². The quantitative estimate of drug-likeness (QED) is 0.874.